The molecule has 2 aromatic rings. The van der Waals surface area contributed by atoms with Crippen LogP contribution in [0.25, 0.3) is 0 Å². The summed E-state index contributed by atoms with van der Waals surface area (Å²) in [5.74, 6) is 0.552. The van der Waals surface area contributed by atoms with Crippen molar-refractivity contribution in [1.29, 1.82) is 5.26 Å². The Morgan fingerprint density at radius 3 is 2.68 bits per heavy atom. The zero-order valence-corrected chi connectivity index (χ0v) is 12.1. The van der Waals surface area contributed by atoms with Gasteiger partial charge in [-0.3, -0.25) is 0 Å². The fourth-order valence-corrected chi connectivity index (χ4v) is 2.22. The molecule has 2 rings (SSSR count). The van der Waals surface area contributed by atoms with Gasteiger partial charge in [0.2, 0.25) is 0 Å². The van der Waals surface area contributed by atoms with Crippen LogP contribution >= 0.6 is 35.0 Å². The maximum absolute atomic E-state index is 8.78. The third kappa shape index (κ3) is 3.51. The summed E-state index contributed by atoms with van der Waals surface area (Å²) in [5, 5.41) is 13.2. The van der Waals surface area contributed by atoms with Crippen LogP contribution in [0, 0.1) is 11.3 Å². The second-order valence-corrected chi connectivity index (χ2v) is 5.06. The lowest BCUT2D eigenvalue weighted by molar-refractivity contribution is 0.976. The van der Waals surface area contributed by atoms with E-state index >= 15 is 0 Å². The van der Waals surface area contributed by atoms with E-state index in [9.17, 15) is 0 Å². The van der Waals surface area contributed by atoms with E-state index in [-0.39, 0.29) is 0 Å². The van der Waals surface area contributed by atoms with Crippen LogP contribution in [-0.4, -0.2) is 16.2 Å². The van der Waals surface area contributed by atoms with Crippen molar-refractivity contribution in [2.75, 3.05) is 11.6 Å². The second kappa shape index (κ2) is 6.11. The van der Waals surface area contributed by atoms with Gasteiger partial charge >= 0.3 is 0 Å². The molecule has 0 unspecified atom stereocenters. The second-order valence-electron chi connectivity index (χ2n) is 3.49. The van der Waals surface area contributed by atoms with Crippen LogP contribution in [0.2, 0.25) is 10.2 Å². The average molecular weight is 311 g/mol. The molecule has 1 N–H and O–H groups in total. The Morgan fingerprint density at radius 1 is 1.26 bits per heavy atom. The number of rotatable bonds is 3. The van der Waals surface area contributed by atoms with Gasteiger partial charge in [-0.25, -0.2) is 9.97 Å². The molecule has 1 aromatic heterocycles. The Bertz CT molecular complexity index is 655. The normalized spacial score (nSPS) is 10.0. The van der Waals surface area contributed by atoms with Crippen molar-refractivity contribution in [1.82, 2.24) is 9.97 Å². The lowest BCUT2D eigenvalue weighted by Crippen LogP contribution is -1.97. The van der Waals surface area contributed by atoms with E-state index in [0.29, 0.717) is 32.4 Å². The first-order chi connectivity index (χ1) is 9.12. The molecule has 0 atom stereocenters. The first-order valence-corrected chi connectivity index (χ1v) is 7.15. The summed E-state index contributed by atoms with van der Waals surface area (Å²) in [7, 11) is 0. The fourth-order valence-electron chi connectivity index (χ4n) is 1.38. The summed E-state index contributed by atoms with van der Waals surface area (Å²) in [6.07, 6.45) is 1.87. The van der Waals surface area contributed by atoms with Crippen LogP contribution in [0.1, 0.15) is 5.56 Å². The molecule has 0 aliphatic rings. The highest BCUT2D eigenvalue weighted by atomic mass is 35.5. The average Bonchev–Trinajstić information content (AvgIpc) is 2.40. The predicted molar refractivity (Wildman–Crippen MR) is 78.3 cm³/mol. The summed E-state index contributed by atoms with van der Waals surface area (Å²) >= 11 is 13.4. The molecule has 1 heterocycles. The van der Waals surface area contributed by atoms with Crippen LogP contribution in [0.5, 0.6) is 0 Å². The van der Waals surface area contributed by atoms with Gasteiger partial charge in [0.15, 0.2) is 5.16 Å². The molecule has 0 saturated heterocycles. The summed E-state index contributed by atoms with van der Waals surface area (Å²) in [5.41, 5.74) is 1.16. The number of hydrogen-bond acceptors (Lipinski definition) is 5. The number of thioether (sulfide) groups is 1. The molecule has 0 aliphatic heterocycles. The highest BCUT2D eigenvalue weighted by Gasteiger charge is 2.06. The molecule has 0 aliphatic carbocycles. The largest absolute Gasteiger partial charge is 0.339 e. The Labute approximate surface area is 124 Å². The van der Waals surface area contributed by atoms with Crippen LogP contribution in [0.15, 0.2) is 29.4 Å². The SMILES string of the molecule is CSc1nc(Cl)cc(Nc2ccc(C#N)cc2Cl)n1. The maximum Gasteiger partial charge on any atom is 0.190 e. The minimum Gasteiger partial charge on any atom is -0.339 e. The van der Waals surface area contributed by atoms with Gasteiger partial charge in [0.1, 0.15) is 11.0 Å². The highest BCUT2D eigenvalue weighted by Crippen LogP contribution is 2.27. The van der Waals surface area contributed by atoms with Crippen molar-refractivity contribution in [3.8, 4) is 6.07 Å². The van der Waals surface area contributed by atoms with Crippen molar-refractivity contribution in [2.24, 2.45) is 0 Å². The van der Waals surface area contributed by atoms with Gasteiger partial charge in [-0.05, 0) is 24.5 Å². The van der Waals surface area contributed by atoms with Gasteiger partial charge < -0.3 is 5.32 Å². The Morgan fingerprint density at radius 2 is 2.05 bits per heavy atom. The topological polar surface area (TPSA) is 61.6 Å². The zero-order valence-electron chi connectivity index (χ0n) is 9.82. The van der Waals surface area contributed by atoms with Crippen molar-refractivity contribution in [3.05, 3.63) is 40.0 Å². The third-order valence-electron chi connectivity index (χ3n) is 2.22. The number of aromatic nitrogens is 2. The first-order valence-electron chi connectivity index (χ1n) is 5.17. The summed E-state index contributed by atoms with van der Waals surface area (Å²) in [6.45, 7) is 0. The van der Waals surface area contributed by atoms with Crippen LogP contribution in [0.4, 0.5) is 11.5 Å². The molecule has 96 valence electrons. The molecular formula is C12H8Cl2N4S. The number of anilines is 2. The smallest absolute Gasteiger partial charge is 0.190 e. The monoisotopic (exact) mass is 310 g/mol. The number of halogens is 2. The molecule has 0 amide bonds. The van der Waals surface area contributed by atoms with E-state index in [1.54, 1.807) is 24.3 Å². The first kappa shape index (κ1) is 13.9. The summed E-state index contributed by atoms with van der Waals surface area (Å²) in [6, 6.07) is 8.61. The van der Waals surface area contributed by atoms with E-state index in [1.165, 1.54) is 11.8 Å². The highest BCUT2D eigenvalue weighted by molar-refractivity contribution is 7.98. The van der Waals surface area contributed by atoms with Gasteiger partial charge in [0.25, 0.3) is 0 Å². The van der Waals surface area contributed by atoms with E-state index in [1.807, 2.05) is 12.3 Å². The number of nitriles is 1. The molecule has 19 heavy (non-hydrogen) atoms. The van der Waals surface area contributed by atoms with Gasteiger partial charge in [0.05, 0.1) is 22.3 Å². The lowest BCUT2D eigenvalue weighted by Gasteiger charge is -2.08. The Hall–Kier alpha value is -1.48. The molecule has 0 bridgehead atoms. The van der Waals surface area contributed by atoms with Gasteiger partial charge in [-0.2, -0.15) is 5.26 Å². The number of nitrogens with one attached hydrogen (secondary N) is 1. The summed E-state index contributed by atoms with van der Waals surface area (Å²) in [4.78, 5) is 8.31. The lowest BCUT2D eigenvalue weighted by atomic mass is 10.2. The molecule has 0 spiro atoms. The van der Waals surface area contributed by atoms with E-state index in [0.717, 1.165) is 0 Å². The predicted octanol–water partition coefficient (Wildman–Crippen LogP) is 4.12. The van der Waals surface area contributed by atoms with Crippen molar-refractivity contribution < 1.29 is 0 Å². The van der Waals surface area contributed by atoms with Crippen LogP contribution < -0.4 is 5.32 Å². The standard InChI is InChI=1S/C12H8Cl2N4S/c1-19-12-17-10(14)5-11(18-12)16-9-3-2-7(6-15)4-8(9)13/h2-5H,1H3,(H,16,17,18). The van der Waals surface area contributed by atoms with E-state index in [2.05, 4.69) is 15.3 Å². The molecule has 4 nitrogen and oxygen atoms in total. The number of hydrogen-bond donors (Lipinski definition) is 1. The third-order valence-corrected chi connectivity index (χ3v) is 3.27. The van der Waals surface area contributed by atoms with E-state index < -0.39 is 0 Å². The number of benzene rings is 1. The Kier molecular flexibility index (Phi) is 4.48. The van der Waals surface area contributed by atoms with E-state index in [4.69, 9.17) is 28.5 Å². The summed E-state index contributed by atoms with van der Waals surface area (Å²) < 4.78 is 0. The zero-order chi connectivity index (χ0) is 13.8. The fraction of sp³-hybridized carbons (Fsp3) is 0.0833. The van der Waals surface area contributed by atoms with Crippen LogP contribution in [-0.2, 0) is 0 Å². The van der Waals surface area contributed by atoms with Gasteiger partial charge in [-0.1, -0.05) is 35.0 Å². The molecule has 0 saturated carbocycles. The molecule has 0 radical (unpaired) electrons. The number of nitrogens with zero attached hydrogens (tertiary/aromatic N) is 3. The molecular weight excluding hydrogens is 303 g/mol. The maximum atomic E-state index is 8.78. The van der Waals surface area contributed by atoms with Crippen molar-refractivity contribution in [2.45, 2.75) is 5.16 Å². The van der Waals surface area contributed by atoms with Crippen molar-refractivity contribution in [3.63, 3.8) is 0 Å². The Balaban J connectivity index is 2.31. The molecule has 1 aromatic carbocycles. The van der Waals surface area contributed by atoms with Crippen molar-refractivity contribution >= 4 is 46.5 Å². The molecule has 7 heteroatoms. The quantitative estimate of drug-likeness (QED) is 0.525. The minimum absolute atomic E-state index is 0.353. The van der Waals surface area contributed by atoms with Gasteiger partial charge in [-0.15, -0.1) is 0 Å². The molecule has 0 fully saturated rings. The minimum atomic E-state index is 0.353. The van der Waals surface area contributed by atoms with Crippen LogP contribution in [0.3, 0.4) is 0 Å². The van der Waals surface area contributed by atoms with Gasteiger partial charge in [0, 0.05) is 6.07 Å².